The number of amides is 1. The highest BCUT2D eigenvalue weighted by atomic mass is 16.5. The van der Waals surface area contributed by atoms with Gasteiger partial charge in [-0.2, -0.15) is 4.98 Å². The lowest BCUT2D eigenvalue weighted by Gasteiger charge is -2.33. The van der Waals surface area contributed by atoms with Gasteiger partial charge in [0.15, 0.2) is 5.82 Å². The fourth-order valence-corrected chi connectivity index (χ4v) is 4.31. The van der Waals surface area contributed by atoms with Crippen LogP contribution in [0.1, 0.15) is 44.9 Å². The molecule has 0 spiro atoms. The molecule has 4 rings (SSSR count). The molecule has 31 heavy (non-hydrogen) atoms. The number of nitrogens with two attached hydrogens (primary N) is 1. The molecular formula is C23H30N6O2. The molecule has 3 heterocycles. The highest BCUT2D eigenvalue weighted by molar-refractivity contribution is 5.77. The maximum atomic E-state index is 13.2. The number of allylic oxidation sites excluding steroid dienone is 5. The number of anilines is 1. The first kappa shape index (κ1) is 21.2. The van der Waals surface area contributed by atoms with Crippen LogP contribution in [-0.2, 0) is 9.53 Å². The zero-order chi connectivity index (χ0) is 21.6. The molecule has 2 N–H and O–H groups in total. The minimum Gasteiger partial charge on any atom is -0.404 e. The van der Waals surface area contributed by atoms with Gasteiger partial charge in [-0.15, -0.1) is 0 Å². The van der Waals surface area contributed by atoms with Crippen LogP contribution in [0.5, 0.6) is 0 Å². The normalized spacial score (nSPS) is 25.3. The van der Waals surface area contributed by atoms with Gasteiger partial charge in [-0.3, -0.25) is 4.79 Å². The van der Waals surface area contributed by atoms with Crippen LogP contribution in [0.2, 0.25) is 0 Å². The quantitative estimate of drug-likeness (QED) is 0.799. The van der Waals surface area contributed by atoms with Crippen LogP contribution in [-0.4, -0.2) is 57.7 Å². The summed E-state index contributed by atoms with van der Waals surface area (Å²) in [6.45, 7) is 3.71. The predicted molar refractivity (Wildman–Crippen MR) is 120 cm³/mol. The molecule has 2 fully saturated rings. The zero-order valence-corrected chi connectivity index (χ0v) is 18.0. The van der Waals surface area contributed by atoms with Crippen molar-refractivity contribution in [1.29, 1.82) is 0 Å². The van der Waals surface area contributed by atoms with E-state index in [2.05, 4.69) is 50.2 Å². The van der Waals surface area contributed by atoms with E-state index < -0.39 is 0 Å². The van der Waals surface area contributed by atoms with Gasteiger partial charge in [-0.05, 0) is 38.2 Å². The average molecular weight is 423 g/mol. The number of hydrogen-bond donors (Lipinski definition) is 1. The van der Waals surface area contributed by atoms with Crippen LogP contribution >= 0.6 is 0 Å². The third-order valence-corrected chi connectivity index (χ3v) is 5.97. The molecule has 2 aliphatic heterocycles. The lowest BCUT2D eigenvalue weighted by molar-refractivity contribution is -0.144. The largest absolute Gasteiger partial charge is 0.404 e. The third kappa shape index (κ3) is 4.85. The number of carbonyl (C=O) groups is 1. The molecule has 2 atom stereocenters. The van der Waals surface area contributed by atoms with E-state index in [1.165, 1.54) is 18.1 Å². The van der Waals surface area contributed by atoms with Gasteiger partial charge in [0, 0.05) is 31.3 Å². The molecule has 8 heteroatoms. The first-order valence-electron chi connectivity index (χ1n) is 11.0. The van der Waals surface area contributed by atoms with Crippen molar-refractivity contribution < 1.29 is 9.53 Å². The Morgan fingerprint density at radius 3 is 3.03 bits per heavy atom. The molecule has 3 aliphatic rings. The Morgan fingerprint density at radius 1 is 1.26 bits per heavy atom. The summed E-state index contributed by atoms with van der Waals surface area (Å²) in [6.07, 6.45) is 17.3. The van der Waals surface area contributed by atoms with Gasteiger partial charge in [0.2, 0.25) is 11.9 Å². The summed E-state index contributed by atoms with van der Waals surface area (Å²) in [5.41, 5.74) is 7.61. The molecule has 0 aromatic carbocycles. The van der Waals surface area contributed by atoms with Gasteiger partial charge in [-0.1, -0.05) is 30.4 Å². The van der Waals surface area contributed by atoms with Gasteiger partial charge >= 0.3 is 0 Å². The Kier molecular flexibility index (Phi) is 6.76. The molecule has 164 valence electrons. The van der Waals surface area contributed by atoms with Crippen LogP contribution in [0, 0.1) is 0 Å². The molecule has 1 aliphatic carbocycles. The number of fused-ring (bicyclic) bond motifs is 1. The van der Waals surface area contributed by atoms with E-state index in [4.69, 9.17) is 10.5 Å². The molecular weight excluding hydrogens is 392 g/mol. The summed E-state index contributed by atoms with van der Waals surface area (Å²) in [6, 6.07) is 0.0984. The maximum absolute atomic E-state index is 13.2. The van der Waals surface area contributed by atoms with Crippen LogP contribution in [0.15, 0.2) is 48.5 Å². The van der Waals surface area contributed by atoms with E-state index in [-0.39, 0.29) is 18.2 Å². The lowest BCUT2D eigenvalue weighted by atomic mass is 10.0. The fourth-order valence-electron chi connectivity index (χ4n) is 4.31. The number of rotatable bonds is 3. The lowest BCUT2D eigenvalue weighted by Crippen LogP contribution is -2.45. The molecule has 0 radical (unpaired) electrons. The Labute approximate surface area is 183 Å². The fraction of sp³-hybridized carbons (Fsp3) is 0.478. The molecule has 0 saturated carbocycles. The molecule has 1 aromatic rings. The topological polar surface area (TPSA) is 97.5 Å². The Balaban J connectivity index is 1.47. The highest BCUT2D eigenvalue weighted by Gasteiger charge is 2.38. The van der Waals surface area contributed by atoms with Crippen LogP contribution in [0.3, 0.4) is 0 Å². The van der Waals surface area contributed by atoms with Crippen molar-refractivity contribution in [1.82, 2.24) is 19.9 Å². The minimum atomic E-state index is -0.181. The average Bonchev–Trinajstić information content (AvgIpc) is 3.03. The van der Waals surface area contributed by atoms with E-state index in [9.17, 15) is 4.79 Å². The van der Waals surface area contributed by atoms with Crippen molar-refractivity contribution in [3.05, 3.63) is 54.3 Å². The molecule has 0 bridgehead atoms. The number of ether oxygens (including phenoxy) is 1. The van der Waals surface area contributed by atoms with E-state index in [1.807, 2.05) is 11.8 Å². The second kappa shape index (κ2) is 9.87. The first-order valence-corrected chi connectivity index (χ1v) is 11.0. The summed E-state index contributed by atoms with van der Waals surface area (Å²) >= 11 is 0. The smallest absolute Gasteiger partial charge is 0.228 e. The molecule has 1 aromatic heterocycles. The Morgan fingerprint density at radius 2 is 2.16 bits per heavy atom. The van der Waals surface area contributed by atoms with Gasteiger partial charge in [-0.25, -0.2) is 9.97 Å². The standard InChI is InChI=1S/C23H30N6O2/c1-17(15-24)22-25-16-26-23(27-22)28-12-6-9-20(30)29-19(10-11-21(29)31-14-13-28)18-7-4-2-3-5-8-18/h2-4,7-8,15-16,19,21H,5-6,9-14,24H2,1H3/b17-15-/t19-,21+/m0/s1. The second-order valence-corrected chi connectivity index (χ2v) is 8.00. The minimum absolute atomic E-state index is 0.0984. The second-order valence-electron chi connectivity index (χ2n) is 8.00. The van der Waals surface area contributed by atoms with Crippen LogP contribution < -0.4 is 10.6 Å². The van der Waals surface area contributed by atoms with E-state index in [0.717, 1.165) is 31.3 Å². The van der Waals surface area contributed by atoms with E-state index in [0.29, 0.717) is 37.9 Å². The monoisotopic (exact) mass is 422 g/mol. The number of aromatic nitrogens is 3. The SMILES string of the molecule is C/C(=C/N)c1ncnc(N2CCCC(=O)N3[C@@H](CC[C@H]3C3=CCC=CC=C3)OCC2)n1. The summed E-state index contributed by atoms with van der Waals surface area (Å²) in [5, 5.41) is 0. The van der Waals surface area contributed by atoms with Crippen molar-refractivity contribution in [2.45, 2.75) is 51.3 Å². The zero-order valence-electron chi connectivity index (χ0n) is 18.0. The first-order chi connectivity index (χ1) is 15.2. The summed E-state index contributed by atoms with van der Waals surface area (Å²) in [7, 11) is 0. The van der Waals surface area contributed by atoms with Crippen molar-refractivity contribution in [3.63, 3.8) is 0 Å². The van der Waals surface area contributed by atoms with E-state index >= 15 is 0 Å². The van der Waals surface area contributed by atoms with Gasteiger partial charge in [0.1, 0.15) is 12.6 Å². The number of carbonyl (C=O) groups excluding carboxylic acids is 1. The maximum Gasteiger partial charge on any atom is 0.228 e. The highest BCUT2D eigenvalue weighted by Crippen LogP contribution is 2.32. The number of nitrogens with zero attached hydrogens (tertiary/aromatic N) is 5. The van der Waals surface area contributed by atoms with Crippen LogP contribution in [0.4, 0.5) is 5.95 Å². The summed E-state index contributed by atoms with van der Waals surface area (Å²) in [5.74, 6) is 1.30. The summed E-state index contributed by atoms with van der Waals surface area (Å²) < 4.78 is 6.21. The van der Waals surface area contributed by atoms with E-state index in [1.54, 1.807) is 0 Å². The molecule has 8 nitrogen and oxygen atoms in total. The van der Waals surface area contributed by atoms with Gasteiger partial charge in [0.25, 0.3) is 0 Å². The predicted octanol–water partition coefficient (Wildman–Crippen LogP) is 2.57. The van der Waals surface area contributed by atoms with Crippen molar-refractivity contribution in [3.8, 4) is 0 Å². The molecule has 2 saturated heterocycles. The molecule has 0 unspecified atom stereocenters. The number of hydrogen-bond acceptors (Lipinski definition) is 7. The molecule has 1 amide bonds. The van der Waals surface area contributed by atoms with Crippen molar-refractivity contribution >= 4 is 17.4 Å². The van der Waals surface area contributed by atoms with Crippen molar-refractivity contribution in [2.75, 3.05) is 24.6 Å². The van der Waals surface area contributed by atoms with Gasteiger partial charge in [0.05, 0.1) is 12.6 Å². The van der Waals surface area contributed by atoms with Crippen LogP contribution in [0.25, 0.3) is 5.57 Å². The van der Waals surface area contributed by atoms with Crippen molar-refractivity contribution in [2.24, 2.45) is 5.73 Å². The summed E-state index contributed by atoms with van der Waals surface area (Å²) in [4.78, 5) is 30.3. The van der Waals surface area contributed by atoms with Gasteiger partial charge < -0.3 is 20.3 Å². The third-order valence-electron chi connectivity index (χ3n) is 5.97. The Hall–Kier alpha value is -3.00. The Bertz CT molecular complexity index is 922.